The molecule has 0 aliphatic carbocycles. The van der Waals surface area contributed by atoms with Crippen molar-refractivity contribution in [2.45, 2.75) is 52.4 Å². The van der Waals surface area contributed by atoms with Gasteiger partial charge in [0.15, 0.2) is 0 Å². The van der Waals surface area contributed by atoms with E-state index in [4.69, 9.17) is 4.42 Å². The molecule has 0 saturated heterocycles. The van der Waals surface area contributed by atoms with Crippen LogP contribution in [-0.4, -0.2) is 0 Å². The Bertz CT molecular complexity index is 2570. The Labute approximate surface area is 287 Å². The van der Waals surface area contributed by atoms with E-state index in [1.165, 1.54) is 96.6 Å². The summed E-state index contributed by atoms with van der Waals surface area (Å²) in [5.41, 5.74) is 9.70. The van der Waals surface area contributed by atoms with E-state index in [0.29, 0.717) is 0 Å². The first kappa shape index (κ1) is 29.7. The molecule has 49 heavy (non-hydrogen) atoms. The second-order valence-electron chi connectivity index (χ2n) is 13.6. The van der Waals surface area contributed by atoms with E-state index in [9.17, 15) is 0 Å². The van der Waals surface area contributed by atoms with Crippen LogP contribution in [0.5, 0.6) is 0 Å². The SMILES string of the molecule is CCCCc1c2ccccc2c(-c2ccc3c(c2)oc2c(-c4c5ccccc5c(CCCC)c5ccccc45)cccc23)c2ccccc12. The van der Waals surface area contributed by atoms with Gasteiger partial charge in [-0.1, -0.05) is 148 Å². The molecule has 0 aliphatic rings. The summed E-state index contributed by atoms with van der Waals surface area (Å²) in [4.78, 5) is 0. The van der Waals surface area contributed by atoms with Crippen molar-refractivity contribution in [3.05, 3.63) is 145 Å². The van der Waals surface area contributed by atoms with Crippen molar-refractivity contribution in [3.63, 3.8) is 0 Å². The van der Waals surface area contributed by atoms with Gasteiger partial charge in [-0.05, 0) is 103 Å². The van der Waals surface area contributed by atoms with Gasteiger partial charge in [0.2, 0.25) is 0 Å². The quantitative estimate of drug-likeness (QED) is 0.152. The van der Waals surface area contributed by atoms with Gasteiger partial charge in [0.1, 0.15) is 11.2 Å². The van der Waals surface area contributed by atoms with Crippen LogP contribution in [0.15, 0.2) is 138 Å². The van der Waals surface area contributed by atoms with Crippen LogP contribution in [0.2, 0.25) is 0 Å². The lowest BCUT2D eigenvalue weighted by Gasteiger charge is -2.17. The second kappa shape index (κ2) is 12.2. The number of fused-ring (bicyclic) bond motifs is 7. The zero-order valence-electron chi connectivity index (χ0n) is 28.4. The maximum Gasteiger partial charge on any atom is 0.143 e. The van der Waals surface area contributed by atoms with Gasteiger partial charge in [0, 0.05) is 21.9 Å². The van der Waals surface area contributed by atoms with E-state index < -0.39 is 0 Å². The molecule has 0 radical (unpaired) electrons. The van der Waals surface area contributed by atoms with E-state index in [1.54, 1.807) is 0 Å². The van der Waals surface area contributed by atoms with E-state index in [2.05, 4.69) is 147 Å². The van der Waals surface area contributed by atoms with Gasteiger partial charge in [0.05, 0.1) is 0 Å². The van der Waals surface area contributed by atoms with Crippen LogP contribution < -0.4 is 0 Å². The minimum absolute atomic E-state index is 0.927. The number of aryl methyl sites for hydroxylation is 2. The molecule has 0 spiro atoms. The van der Waals surface area contributed by atoms with Gasteiger partial charge in [-0.15, -0.1) is 0 Å². The van der Waals surface area contributed by atoms with Gasteiger partial charge in [0.25, 0.3) is 0 Å². The second-order valence-corrected chi connectivity index (χ2v) is 13.6. The molecule has 0 atom stereocenters. The van der Waals surface area contributed by atoms with Crippen LogP contribution in [0.25, 0.3) is 87.3 Å². The molecule has 9 aromatic rings. The van der Waals surface area contributed by atoms with Crippen molar-refractivity contribution < 1.29 is 4.42 Å². The molecule has 0 amide bonds. The lowest BCUT2D eigenvalue weighted by molar-refractivity contribution is 0.670. The molecule has 238 valence electrons. The molecule has 1 aromatic heterocycles. The Hall–Kier alpha value is -5.40. The minimum Gasteiger partial charge on any atom is -0.455 e. The molecule has 0 aliphatic heterocycles. The molecule has 8 aromatic carbocycles. The summed E-state index contributed by atoms with van der Waals surface area (Å²) in [5.74, 6) is 0. The van der Waals surface area contributed by atoms with Gasteiger partial charge >= 0.3 is 0 Å². The number of hydrogen-bond donors (Lipinski definition) is 0. The molecule has 0 N–H and O–H groups in total. The lowest BCUT2D eigenvalue weighted by atomic mass is 9.86. The Kier molecular flexibility index (Phi) is 7.42. The van der Waals surface area contributed by atoms with Crippen LogP contribution >= 0.6 is 0 Å². The monoisotopic (exact) mass is 632 g/mol. The first-order valence-corrected chi connectivity index (χ1v) is 18.1. The van der Waals surface area contributed by atoms with Crippen molar-refractivity contribution in [2.75, 3.05) is 0 Å². The molecular formula is C48H40O. The standard InChI is InChI=1S/C48H40O/c1-3-5-16-32-34-18-7-11-22-39(34)46(40-23-12-8-19-35(32)40)31-28-29-38-43-26-15-27-44(48(43)49-45(38)30-31)47-41-24-13-9-20-36(41)33(17-6-4-2)37-21-10-14-25-42(37)47/h7-15,18-30H,3-6,16-17H2,1-2H3. The van der Waals surface area contributed by atoms with Crippen LogP contribution in [0, 0.1) is 0 Å². The fourth-order valence-corrected chi connectivity index (χ4v) is 8.44. The van der Waals surface area contributed by atoms with Crippen LogP contribution in [-0.2, 0) is 12.8 Å². The fraction of sp³-hybridized carbons (Fsp3) is 0.167. The predicted octanol–water partition coefficient (Wildman–Crippen LogP) is 14.2. The molecule has 1 nitrogen and oxygen atoms in total. The van der Waals surface area contributed by atoms with Gasteiger partial charge in [-0.3, -0.25) is 0 Å². The summed E-state index contributed by atoms with van der Waals surface area (Å²) in [6.45, 7) is 4.56. The molecule has 1 heteroatoms. The Morgan fingerprint density at radius 3 is 1.35 bits per heavy atom. The number of benzene rings is 8. The lowest BCUT2D eigenvalue weighted by Crippen LogP contribution is -1.94. The highest BCUT2D eigenvalue weighted by molar-refractivity contribution is 6.21. The normalized spacial score (nSPS) is 12.0. The molecule has 0 fully saturated rings. The third-order valence-corrected chi connectivity index (χ3v) is 10.7. The average Bonchev–Trinajstić information content (AvgIpc) is 3.53. The number of para-hydroxylation sites is 1. The average molecular weight is 633 g/mol. The summed E-state index contributed by atoms with van der Waals surface area (Å²) < 4.78 is 6.99. The van der Waals surface area contributed by atoms with Gasteiger partial charge < -0.3 is 4.42 Å². The zero-order chi connectivity index (χ0) is 32.9. The van der Waals surface area contributed by atoms with Crippen molar-refractivity contribution in [3.8, 4) is 22.3 Å². The van der Waals surface area contributed by atoms with E-state index >= 15 is 0 Å². The summed E-state index contributed by atoms with van der Waals surface area (Å²) in [7, 11) is 0. The Balaban J connectivity index is 1.30. The van der Waals surface area contributed by atoms with Crippen molar-refractivity contribution in [1.82, 2.24) is 0 Å². The maximum atomic E-state index is 6.99. The molecule has 0 bridgehead atoms. The van der Waals surface area contributed by atoms with Crippen LogP contribution in [0.4, 0.5) is 0 Å². The van der Waals surface area contributed by atoms with Crippen molar-refractivity contribution in [2.24, 2.45) is 0 Å². The third-order valence-electron chi connectivity index (χ3n) is 10.7. The first-order valence-electron chi connectivity index (χ1n) is 18.1. The highest BCUT2D eigenvalue weighted by Gasteiger charge is 2.21. The number of rotatable bonds is 8. The molecule has 0 saturated carbocycles. The summed E-state index contributed by atoms with van der Waals surface area (Å²) in [6.07, 6.45) is 6.90. The third kappa shape index (κ3) is 4.75. The molecular weight excluding hydrogens is 593 g/mol. The first-order chi connectivity index (χ1) is 24.3. The summed E-state index contributed by atoms with van der Waals surface area (Å²) >= 11 is 0. The van der Waals surface area contributed by atoms with Crippen molar-refractivity contribution in [1.29, 1.82) is 0 Å². The molecule has 9 rings (SSSR count). The predicted molar refractivity (Wildman–Crippen MR) is 212 cm³/mol. The van der Waals surface area contributed by atoms with Gasteiger partial charge in [-0.25, -0.2) is 0 Å². The van der Waals surface area contributed by atoms with Gasteiger partial charge in [-0.2, -0.15) is 0 Å². The molecule has 1 heterocycles. The number of furan rings is 1. The maximum absolute atomic E-state index is 6.99. The van der Waals surface area contributed by atoms with Crippen molar-refractivity contribution >= 4 is 65.0 Å². The topological polar surface area (TPSA) is 13.1 Å². The molecule has 0 unspecified atom stereocenters. The van der Waals surface area contributed by atoms with Crippen LogP contribution in [0.1, 0.15) is 50.7 Å². The Morgan fingerprint density at radius 1 is 0.408 bits per heavy atom. The van der Waals surface area contributed by atoms with E-state index in [0.717, 1.165) is 40.3 Å². The fourth-order valence-electron chi connectivity index (χ4n) is 8.44. The number of hydrogen-bond acceptors (Lipinski definition) is 1. The Morgan fingerprint density at radius 2 is 0.857 bits per heavy atom. The largest absolute Gasteiger partial charge is 0.455 e. The minimum atomic E-state index is 0.927. The summed E-state index contributed by atoms with van der Waals surface area (Å²) in [6, 6.07) is 49.4. The zero-order valence-corrected chi connectivity index (χ0v) is 28.4. The smallest absolute Gasteiger partial charge is 0.143 e. The highest BCUT2D eigenvalue weighted by atomic mass is 16.3. The number of unbranched alkanes of at least 4 members (excludes halogenated alkanes) is 2. The summed E-state index contributed by atoms with van der Waals surface area (Å²) in [5, 5.41) is 12.9. The van der Waals surface area contributed by atoms with Crippen LogP contribution in [0.3, 0.4) is 0 Å². The van der Waals surface area contributed by atoms with E-state index in [1.807, 2.05) is 0 Å². The highest BCUT2D eigenvalue weighted by Crippen LogP contribution is 2.46. The van der Waals surface area contributed by atoms with E-state index in [-0.39, 0.29) is 0 Å².